The number of piperidine rings is 1. The van der Waals surface area contributed by atoms with Crippen molar-refractivity contribution in [2.24, 2.45) is 5.73 Å². The second-order valence-corrected chi connectivity index (χ2v) is 11.0. The van der Waals surface area contributed by atoms with Gasteiger partial charge in [0.05, 0.1) is 6.04 Å². The number of halogens is 2. The molecule has 0 saturated carbocycles. The number of nitrogens with one attached hydrogen (secondary N) is 2. The second kappa shape index (κ2) is 11.3. The molecular weight excluding hydrogens is 539 g/mol. The third kappa shape index (κ3) is 5.78. The quantitative estimate of drug-likeness (QED) is 0.182. The molecule has 0 spiro atoms. The molecule has 41 heavy (non-hydrogen) atoms. The van der Waals surface area contributed by atoms with Crippen molar-refractivity contribution in [1.82, 2.24) is 10.3 Å². The Morgan fingerprint density at radius 3 is 2.49 bits per heavy atom. The number of fused-ring (bicyclic) bond motifs is 1. The summed E-state index contributed by atoms with van der Waals surface area (Å²) in [5, 5.41) is 15.0. The van der Waals surface area contributed by atoms with E-state index in [4.69, 9.17) is 17.3 Å². The topological polar surface area (TPSA) is 94.4 Å². The molecule has 6 nitrogen and oxygen atoms in total. The summed E-state index contributed by atoms with van der Waals surface area (Å²) in [7, 11) is 0. The van der Waals surface area contributed by atoms with E-state index in [2.05, 4.69) is 27.3 Å². The molecule has 1 unspecified atom stereocenters. The minimum absolute atomic E-state index is 0.127. The Morgan fingerprint density at radius 2 is 1.73 bits per heavy atom. The van der Waals surface area contributed by atoms with Crippen LogP contribution in [0.1, 0.15) is 40.5 Å². The summed E-state index contributed by atoms with van der Waals surface area (Å²) in [5.41, 5.74) is 11.0. The van der Waals surface area contributed by atoms with Crippen LogP contribution in [-0.2, 0) is 0 Å². The summed E-state index contributed by atoms with van der Waals surface area (Å²) >= 11 is 6.48. The van der Waals surface area contributed by atoms with Gasteiger partial charge >= 0.3 is 0 Å². The van der Waals surface area contributed by atoms with Crippen molar-refractivity contribution in [2.75, 3.05) is 18.0 Å². The number of para-hydroxylation sites is 1. The van der Waals surface area contributed by atoms with Crippen molar-refractivity contribution in [3.8, 4) is 16.9 Å². The van der Waals surface area contributed by atoms with Crippen molar-refractivity contribution in [2.45, 2.75) is 24.9 Å². The van der Waals surface area contributed by atoms with Crippen LogP contribution in [0.2, 0.25) is 5.02 Å². The molecule has 0 aliphatic carbocycles. The molecule has 0 bridgehead atoms. The summed E-state index contributed by atoms with van der Waals surface area (Å²) in [6, 6.07) is 26.1. The standard InChI is InChI=1S/C33H30ClFN4O2/c34-24-16-22(20-5-8-27(9-6-20)39-13-11-26(36)12-14-39)15-23(17-24)33(41)38-32(28-19-25(35)7-10-31(28)40)30-18-21-3-1-2-4-29(21)37-30/h1-10,15-19,26,32,37,40H,11-14,36H2,(H,38,41). The lowest BCUT2D eigenvalue weighted by atomic mass is 9.99. The van der Waals surface area contributed by atoms with Crippen LogP contribution >= 0.6 is 11.6 Å². The first kappa shape index (κ1) is 26.9. The van der Waals surface area contributed by atoms with Gasteiger partial charge in [-0.25, -0.2) is 4.39 Å². The summed E-state index contributed by atoms with van der Waals surface area (Å²) in [6.45, 7) is 1.86. The largest absolute Gasteiger partial charge is 0.508 e. The monoisotopic (exact) mass is 568 g/mol. The third-order valence-corrected chi connectivity index (χ3v) is 7.92. The first-order chi connectivity index (χ1) is 19.8. The van der Waals surface area contributed by atoms with E-state index in [0.717, 1.165) is 53.6 Å². The number of hydrogen-bond donors (Lipinski definition) is 4. The molecular formula is C33H30ClFN4O2. The van der Waals surface area contributed by atoms with Crippen LogP contribution in [0.5, 0.6) is 5.75 Å². The molecule has 1 fully saturated rings. The Hall–Kier alpha value is -4.33. The van der Waals surface area contributed by atoms with Gasteiger partial charge in [-0.15, -0.1) is 0 Å². The van der Waals surface area contributed by atoms with Crippen LogP contribution in [0.25, 0.3) is 22.0 Å². The van der Waals surface area contributed by atoms with Crippen LogP contribution in [0.4, 0.5) is 10.1 Å². The number of hydrogen-bond acceptors (Lipinski definition) is 4. The van der Waals surface area contributed by atoms with Gasteiger partial charge in [0.1, 0.15) is 11.6 Å². The van der Waals surface area contributed by atoms with Gasteiger partial charge in [0, 0.05) is 52.2 Å². The van der Waals surface area contributed by atoms with E-state index in [1.54, 1.807) is 12.1 Å². The zero-order valence-electron chi connectivity index (χ0n) is 22.3. The molecule has 8 heteroatoms. The van der Waals surface area contributed by atoms with Crippen LogP contribution in [0.15, 0.2) is 91.0 Å². The Labute approximate surface area is 242 Å². The van der Waals surface area contributed by atoms with Crippen LogP contribution in [0.3, 0.4) is 0 Å². The minimum atomic E-state index is -0.843. The summed E-state index contributed by atoms with van der Waals surface area (Å²) in [4.78, 5) is 19.3. The Morgan fingerprint density at radius 1 is 0.976 bits per heavy atom. The number of aromatic nitrogens is 1. The van der Waals surface area contributed by atoms with Gasteiger partial charge < -0.3 is 26.0 Å². The first-order valence-corrected chi connectivity index (χ1v) is 14.0. The van der Waals surface area contributed by atoms with E-state index in [1.807, 2.05) is 48.5 Å². The van der Waals surface area contributed by atoms with Crippen molar-refractivity contribution in [3.63, 3.8) is 0 Å². The van der Waals surface area contributed by atoms with Crippen molar-refractivity contribution >= 4 is 34.1 Å². The van der Waals surface area contributed by atoms with Gasteiger partial charge in [-0.2, -0.15) is 0 Å². The molecule has 1 amide bonds. The third-order valence-electron chi connectivity index (χ3n) is 7.70. The highest BCUT2D eigenvalue weighted by Crippen LogP contribution is 2.33. The fraction of sp³-hybridized carbons (Fsp3) is 0.182. The van der Waals surface area contributed by atoms with Gasteiger partial charge in [0.25, 0.3) is 5.91 Å². The number of H-pyrrole nitrogens is 1. The molecule has 1 atom stereocenters. The number of phenols is 1. The summed E-state index contributed by atoms with van der Waals surface area (Å²) in [5.74, 6) is -1.06. The van der Waals surface area contributed by atoms with Crippen LogP contribution in [0, 0.1) is 5.82 Å². The zero-order chi connectivity index (χ0) is 28.5. The SMILES string of the molecule is NC1CCN(c2ccc(-c3cc(Cl)cc(C(=O)NC(c4cc5ccccc5[nH]4)c4cc(F)ccc4O)c3)cc2)CC1. The highest BCUT2D eigenvalue weighted by molar-refractivity contribution is 6.31. The number of amides is 1. The number of nitrogens with zero attached hydrogens (tertiary/aromatic N) is 1. The van der Waals surface area contributed by atoms with Gasteiger partial charge in [0.15, 0.2) is 0 Å². The fourth-order valence-electron chi connectivity index (χ4n) is 5.46. The number of carbonyl (C=O) groups is 1. The number of phenolic OH excluding ortho intramolecular Hbond substituents is 1. The van der Waals surface area contributed by atoms with E-state index < -0.39 is 17.8 Å². The number of aromatic amines is 1. The smallest absolute Gasteiger partial charge is 0.252 e. The lowest BCUT2D eigenvalue weighted by Crippen LogP contribution is -2.39. The lowest BCUT2D eigenvalue weighted by molar-refractivity contribution is 0.0942. The molecule has 208 valence electrons. The summed E-state index contributed by atoms with van der Waals surface area (Å²) < 4.78 is 14.3. The average Bonchev–Trinajstić information content (AvgIpc) is 3.41. The van der Waals surface area contributed by atoms with Crippen molar-refractivity contribution < 1.29 is 14.3 Å². The highest BCUT2D eigenvalue weighted by Gasteiger charge is 2.24. The molecule has 6 rings (SSSR count). The van der Waals surface area contributed by atoms with Crippen LogP contribution < -0.4 is 16.0 Å². The highest BCUT2D eigenvalue weighted by atomic mass is 35.5. The van der Waals surface area contributed by atoms with Crippen molar-refractivity contribution in [1.29, 1.82) is 0 Å². The van der Waals surface area contributed by atoms with Gasteiger partial charge in [0.2, 0.25) is 0 Å². The maximum atomic E-state index is 14.3. The lowest BCUT2D eigenvalue weighted by Gasteiger charge is -2.32. The predicted octanol–water partition coefficient (Wildman–Crippen LogP) is 6.78. The Balaban J connectivity index is 1.30. The molecule has 1 aliphatic rings. The van der Waals surface area contributed by atoms with E-state index in [0.29, 0.717) is 16.3 Å². The molecule has 1 saturated heterocycles. The first-order valence-electron chi connectivity index (χ1n) is 13.6. The number of nitrogens with two attached hydrogens (primary N) is 1. The van der Waals surface area contributed by atoms with E-state index in [9.17, 15) is 14.3 Å². The molecule has 2 heterocycles. The normalized spacial score (nSPS) is 14.8. The number of anilines is 1. The minimum Gasteiger partial charge on any atom is -0.508 e. The van der Waals surface area contributed by atoms with Gasteiger partial charge in [-0.1, -0.05) is 41.9 Å². The molecule has 5 N–H and O–H groups in total. The number of benzene rings is 4. The molecule has 0 radical (unpaired) electrons. The Bertz CT molecular complexity index is 1680. The van der Waals surface area contributed by atoms with Gasteiger partial charge in [-0.05, 0) is 90.0 Å². The van der Waals surface area contributed by atoms with E-state index in [1.165, 1.54) is 18.2 Å². The van der Waals surface area contributed by atoms with E-state index in [-0.39, 0.29) is 17.4 Å². The molecule has 1 aliphatic heterocycles. The number of carbonyl (C=O) groups excluding carboxylic acids is 1. The number of aromatic hydroxyl groups is 1. The molecule has 5 aromatic rings. The summed E-state index contributed by atoms with van der Waals surface area (Å²) in [6.07, 6.45) is 1.95. The molecule has 4 aromatic carbocycles. The van der Waals surface area contributed by atoms with Gasteiger partial charge in [-0.3, -0.25) is 4.79 Å². The van der Waals surface area contributed by atoms with Crippen LogP contribution in [-0.4, -0.2) is 35.1 Å². The van der Waals surface area contributed by atoms with Crippen molar-refractivity contribution in [3.05, 3.63) is 119 Å². The maximum absolute atomic E-state index is 14.3. The average molecular weight is 569 g/mol. The molecule has 1 aromatic heterocycles. The van der Waals surface area contributed by atoms with E-state index >= 15 is 0 Å². The fourth-order valence-corrected chi connectivity index (χ4v) is 5.69. The number of rotatable bonds is 6. The predicted molar refractivity (Wildman–Crippen MR) is 162 cm³/mol. The maximum Gasteiger partial charge on any atom is 0.252 e. The Kier molecular flexibility index (Phi) is 7.39. The second-order valence-electron chi connectivity index (χ2n) is 10.5. The zero-order valence-corrected chi connectivity index (χ0v) is 23.0.